The molecule has 2 aromatic carbocycles. The van der Waals surface area contributed by atoms with Gasteiger partial charge in [0.1, 0.15) is 12.1 Å². The lowest BCUT2D eigenvalue weighted by Crippen LogP contribution is -2.52. The highest BCUT2D eigenvalue weighted by Gasteiger charge is 2.25. The molecule has 0 bridgehead atoms. The minimum Gasteiger partial charge on any atom is -0.450 e. The van der Waals surface area contributed by atoms with Gasteiger partial charge in [-0.2, -0.15) is 0 Å². The second kappa shape index (κ2) is 9.00. The van der Waals surface area contributed by atoms with E-state index in [4.69, 9.17) is 33.0 Å². The highest BCUT2D eigenvalue weighted by molar-refractivity contribution is 6.34. The molecule has 0 aliphatic carbocycles. The van der Waals surface area contributed by atoms with E-state index in [1.54, 1.807) is 6.07 Å². The Morgan fingerprint density at radius 1 is 1.21 bits per heavy atom. The fourth-order valence-electron chi connectivity index (χ4n) is 3.28. The van der Waals surface area contributed by atoms with Crippen LogP contribution in [0.3, 0.4) is 0 Å². The molecule has 0 amide bonds. The maximum Gasteiger partial charge on any atom is 0.507 e. The highest BCUT2D eigenvalue weighted by Crippen LogP contribution is 2.35. The molecule has 1 fully saturated rings. The van der Waals surface area contributed by atoms with Crippen LogP contribution in [0.25, 0.3) is 22.0 Å². The van der Waals surface area contributed by atoms with Crippen LogP contribution in [0, 0.1) is 0 Å². The Balaban J connectivity index is 0.00000240. The number of hydrogen-bond acceptors (Lipinski definition) is 6. The standard InChI is InChI=1S/C19H16Cl2N4O3.ClH/c20-12-3-1-11(2-4-12)13-7-14-16(8-15(13)21)23-10-24-18(14)25-6-5-22-17(9-25)28-19(26)27;/h1-4,7-8,10,17,22H,5-6,9H2,(H,26,27);1H. The topological polar surface area (TPSA) is 87.6 Å². The van der Waals surface area contributed by atoms with Crippen LogP contribution in [0.2, 0.25) is 10.0 Å². The van der Waals surface area contributed by atoms with Gasteiger partial charge in [0.25, 0.3) is 0 Å². The first kappa shape index (κ1) is 21.4. The first-order valence-corrected chi connectivity index (χ1v) is 9.35. The van der Waals surface area contributed by atoms with E-state index in [9.17, 15) is 4.79 Å². The van der Waals surface area contributed by atoms with Gasteiger partial charge >= 0.3 is 6.16 Å². The number of nitrogens with zero attached hydrogens (tertiary/aromatic N) is 3. The van der Waals surface area contributed by atoms with E-state index in [0.29, 0.717) is 41.0 Å². The molecule has 4 rings (SSSR count). The molecule has 0 spiro atoms. The number of fused-ring (bicyclic) bond motifs is 1. The normalized spacial score (nSPS) is 16.3. The molecule has 1 saturated heterocycles. The van der Waals surface area contributed by atoms with Crippen molar-refractivity contribution >= 4 is 58.5 Å². The zero-order valence-electron chi connectivity index (χ0n) is 15.0. The zero-order chi connectivity index (χ0) is 19.7. The fourth-order valence-corrected chi connectivity index (χ4v) is 3.67. The molecule has 1 unspecified atom stereocenters. The van der Waals surface area contributed by atoms with Crippen LogP contribution in [-0.2, 0) is 4.74 Å². The second-order valence-corrected chi connectivity index (χ2v) is 7.17. The third-order valence-corrected chi connectivity index (χ3v) is 5.11. The molecule has 7 nitrogen and oxygen atoms in total. The summed E-state index contributed by atoms with van der Waals surface area (Å²) in [6.07, 6.45) is -0.464. The van der Waals surface area contributed by atoms with Crippen molar-refractivity contribution in [1.82, 2.24) is 15.3 Å². The van der Waals surface area contributed by atoms with Crippen molar-refractivity contribution < 1.29 is 14.6 Å². The molecular formula is C19H17Cl3N4O3. The molecule has 3 aromatic rings. The van der Waals surface area contributed by atoms with Crippen LogP contribution in [0.1, 0.15) is 0 Å². The molecule has 2 heterocycles. The Bertz CT molecular complexity index is 1030. The van der Waals surface area contributed by atoms with Crippen LogP contribution in [0.4, 0.5) is 10.6 Å². The summed E-state index contributed by atoms with van der Waals surface area (Å²) in [7, 11) is 0. The maximum atomic E-state index is 10.9. The molecule has 1 aliphatic rings. The van der Waals surface area contributed by atoms with Crippen LogP contribution < -0.4 is 10.2 Å². The number of piperazine rings is 1. The van der Waals surface area contributed by atoms with Gasteiger partial charge in [-0.3, -0.25) is 5.32 Å². The number of rotatable bonds is 3. The Hall–Kier alpha value is -2.32. The molecular weight excluding hydrogens is 439 g/mol. The molecule has 152 valence electrons. The van der Waals surface area contributed by atoms with Crippen LogP contribution in [0.15, 0.2) is 42.7 Å². The number of aromatic nitrogens is 2. The van der Waals surface area contributed by atoms with Gasteiger partial charge in [0, 0.05) is 29.1 Å². The summed E-state index contributed by atoms with van der Waals surface area (Å²) < 4.78 is 4.87. The molecule has 1 aromatic heterocycles. The summed E-state index contributed by atoms with van der Waals surface area (Å²) in [5.74, 6) is 0.706. The quantitative estimate of drug-likeness (QED) is 0.564. The van der Waals surface area contributed by atoms with Crippen LogP contribution in [0.5, 0.6) is 0 Å². The number of carboxylic acid groups (broad SMARTS) is 1. The van der Waals surface area contributed by atoms with Crippen molar-refractivity contribution in [3.05, 3.63) is 52.8 Å². The van der Waals surface area contributed by atoms with Crippen molar-refractivity contribution in [2.24, 2.45) is 0 Å². The predicted octanol–water partition coefficient (Wildman–Crippen LogP) is 4.46. The minimum atomic E-state index is -1.32. The summed E-state index contributed by atoms with van der Waals surface area (Å²) in [6.45, 7) is 1.57. The number of anilines is 1. The van der Waals surface area contributed by atoms with Gasteiger partial charge in [-0.25, -0.2) is 14.8 Å². The molecule has 0 radical (unpaired) electrons. The number of hydrogen-bond donors (Lipinski definition) is 2. The van der Waals surface area contributed by atoms with E-state index in [1.807, 2.05) is 35.2 Å². The largest absolute Gasteiger partial charge is 0.507 e. The Kier molecular flexibility index (Phi) is 6.64. The number of benzene rings is 2. The van der Waals surface area contributed by atoms with Gasteiger partial charge in [0.15, 0.2) is 6.23 Å². The molecule has 2 N–H and O–H groups in total. The second-order valence-electron chi connectivity index (χ2n) is 6.33. The van der Waals surface area contributed by atoms with E-state index in [2.05, 4.69) is 15.3 Å². The maximum absolute atomic E-state index is 10.9. The van der Waals surface area contributed by atoms with Crippen molar-refractivity contribution in [2.45, 2.75) is 6.23 Å². The summed E-state index contributed by atoms with van der Waals surface area (Å²) in [5, 5.41) is 14.0. The van der Waals surface area contributed by atoms with Crippen LogP contribution in [-0.4, -0.2) is 47.1 Å². The zero-order valence-corrected chi connectivity index (χ0v) is 17.3. The Morgan fingerprint density at radius 2 is 1.97 bits per heavy atom. The van der Waals surface area contributed by atoms with E-state index in [0.717, 1.165) is 16.5 Å². The number of halogens is 3. The van der Waals surface area contributed by atoms with Gasteiger partial charge in [-0.1, -0.05) is 35.3 Å². The summed E-state index contributed by atoms with van der Waals surface area (Å²) in [4.78, 5) is 21.6. The number of nitrogens with one attached hydrogen (secondary N) is 1. The third kappa shape index (κ3) is 4.64. The average Bonchev–Trinajstić information content (AvgIpc) is 2.67. The van der Waals surface area contributed by atoms with Crippen molar-refractivity contribution in [3.63, 3.8) is 0 Å². The molecule has 10 heteroatoms. The minimum absolute atomic E-state index is 0. The monoisotopic (exact) mass is 454 g/mol. The van der Waals surface area contributed by atoms with E-state index in [-0.39, 0.29) is 12.4 Å². The van der Waals surface area contributed by atoms with E-state index >= 15 is 0 Å². The van der Waals surface area contributed by atoms with E-state index in [1.165, 1.54) is 6.33 Å². The van der Waals surface area contributed by atoms with Gasteiger partial charge in [0.2, 0.25) is 0 Å². The van der Waals surface area contributed by atoms with Crippen molar-refractivity contribution in [2.75, 3.05) is 24.5 Å². The fraction of sp³-hybridized carbons (Fsp3) is 0.211. The Morgan fingerprint density at radius 3 is 2.69 bits per heavy atom. The first-order chi connectivity index (χ1) is 13.5. The highest BCUT2D eigenvalue weighted by atomic mass is 35.5. The number of carbonyl (C=O) groups is 1. The summed E-state index contributed by atoms with van der Waals surface area (Å²) in [6, 6.07) is 11.2. The lowest BCUT2D eigenvalue weighted by molar-refractivity contribution is 0.0354. The lowest BCUT2D eigenvalue weighted by atomic mass is 10.0. The van der Waals surface area contributed by atoms with Crippen molar-refractivity contribution in [1.29, 1.82) is 0 Å². The predicted molar refractivity (Wildman–Crippen MR) is 115 cm³/mol. The SMILES string of the molecule is Cl.O=C(O)OC1CN(c2ncnc3cc(Cl)c(-c4ccc(Cl)cc4)cc23)CCN1. The molecule has 1 aliphatic heterocycles. The summed E-state index contributed by atoms with van der Waals surface area (Å²) >= 11 is 12.5. The number of ether oxygens (including phenoxy) is 1. The smallest absolute Gasteiger partial charge is 0.450 e. The van der Waals surface area contributed by atoms with Gasteiger partial charge in [-0.15, -0.1) is 12.4 Å². The Labute approximate surface area is 183 Å². The van der Waals surface area contributed by atoms with E-state index < -0.39 is 12.4 Å². The first-order valence-electron chi connectivity index (χ1n) is 8.59. The van der Waals surface area contributed by atoms with Gasteiger partial charge in [-0.05, 0) is 29.8 Å². The summed E-state index contributed by atoms with van der Waals surface area (Å²) in [5.41, 5.74) is 2.48. The molecule has 0 saturated carbocycles. The van der Waals surface area contributed by atoms with Crippen LogP contribution >= 0.6 is 35.6 Å². The van der Waals surface area contributed by atoms with Crippen molar-refractivity contribution in [3.8, 4) is 11.1 Å². The van der Waals surface area contributed by atoms with Gasteiger partial charge in [0.05, 0.1) is 17.1 Å². The molecule has 29 heavy (non-hydrogen) atoms. The molecule has 1 atom stereocenters. The van der Waals surface area contributed by atoms with Gasteiger partial charge < -0.3 is 14.7 Å². The third-order valence-electron chi connectivity index (χ3n) is 4.54. The lowest BCUT2D eigenvalue weighted by Gasteiger charge is -2.33. The average molecular weight is 456 g/mol.